The van der Waals surface area contributed by atoms with E-state index in [1.165, 1.54) is 25.3 Å². The molecule has 3 N–H and O–H groups in total. The van der Waals surface area contributed by atoms with Gasteiger partial charge in [0.05, 0.1) is 17.7 Å². The summed E-state index contributed by atoms with van der Waals surface area (Å²) in [5.41, 5.74) is 1.54. The normalized spacial score (nSPS) is 10.1. The van der Waals surface area contributed by atoms with Crippen molar-refractivity contribution in [3.63, 3.8) is 0 Å². The van der Waals surface area contributed by atoms with E-state index in [0.29, 0.717) is 17.9 Å². The highest BCUT2D eigenvalue weighted by atomic mass is 16.6. The first-order chi connectivity index (χ1) is 11.5. The maximum Gasteiger partial charge on any atom is 0.323 e. The van der Waals surface area contributed by atoms with Crippen LogP contribution in [0.3, 0.4) is 0 Å². The number of aliphatic hydroxyl groups excluding tert-OH is 1. The summed E-state index contributed by atoms with van der Waals surface area (Å²) in [7, 11) is 1.41. The lowest BCUT2D eigenvalue weighted by Crippen LogP contribution is -2.19. The second kappa shape index (κ2) is 7.93. The van der Waals surface area contributed by atoms with Gasteiger partial charge in [-0.1, -0.05) is 12.1 Å². The number of nitrogens with one attached hydrogen (secondary N) is 2. The number of non-ortho nitro benzene ring substituents is 1. The van der Waals surface area contributed by atoms with Gasteiger partial charge in [0, 0.05) is 24.4 Å². The quantitative estimate of drug-likeness (QED) is 0.556. The van der Waals surface area contributed by atoms with Crippen molar-refractivity contribution < 1.29 is 19.6 Å². The third-order valence-corrected chi connectivity index (χ3v) is 3.25. The number of nitrogens with zero attached hydrogens (tertiary/aromatic N) is 1. The molecule has 0 unspecified atom stereocenters. The minimum Gasteiger partial charge on any atom is -0.495 e. The molecule has 0 aliphatic rings. The molecule has 0 bridgehead atoms. The van der Waals surface area contributed by atoms with Gasteiger partial charge in [-0.05, 0) is 30.2 Å². The molecule has 2 aromatic carbocycles. The fraction of sp³-hybridized carbons (Fsp3) is 0.188. The number of anilines is 2. The summed E-state index contributed by atoms with van der Waals surface area (Å²) in [6, 6.07) is 10.4. The van der Waals surface area contributed by atoms with Gasteiger partial charge >= 0.3 is 6.03 Å². The lowest BCUT2D eigenvalue weighted by Gasteiger charge is -2.11. The lowest BCUT2D eigenvalue weighted by molar-refractivity contribution is -0.384. The molecule has 8 nitrogen and oxygen atoms in total. The van der Waals surface area contributed by atoms with Gasteiger partial charge in [0.2, 0.25) is 0 Å². The van der Waals surface area contributed by atoms with Gasteiger partial charge < -0.3 is 20.5 Å². The number of nitro benzene ring substituents is 1. The molecule has 2 amide bonds. The van der Waals surface area contributed by atoms with Crippen molar-refractivity contribution in [2.75, 3.05) is 24.4 Å². The molecule has 2 aromatic rings. The average molecular weight is 331 g/mol. The summed E-state index contributed by atoms with van der Waals surface area (Å²) in [5.74, 6) is 0.314. The van der Waals surface area contributed by atoms with Gasteiger partial charge in [-0.25, -0.2) is 4.79 Å². The Morgan fingerprint density at radius 3 is 2.50 bits per heavy atom. The van der Waals surface area contributed by atoms with Crippen LogP contribution >= 0.6 is 0 Å². The van der Waals surface area contributed by atoms with E-state index in [1.807, 2.05) is 0 Å². The van der Waals surface area contributed by atoms with Crippen molar-refractivity contribution in [1.29, 1.82) is 0 Å². The van der Waals surface area contributed by atoms with Crippen LogP contribution in [0.1, 0.15) is 5.56 Å². The fourth-order valence-corrected chi connectivity index (χ4v) is 2.08. The van der Waals surface area contributed by atoms with Crippen LogP contribution in [0.4, 0.5) is 21.9 Å². The summed E-state index contributed by atoms with van der Waals surface area (Å²) in [5, 5.41) is 24.9. The van der Waals surface area contributed by atoms with E-state index in [4.69, 9.17) is 9.84 Å². The Morgan fingerprint density at radius 1 is 1.21 bits per heavy atom. The Balaban J connectivity index is 2.08. The summed E-state index contributed by atoms with van der Waals surface area (Å²) < 4.78 is 5.09. The van der Waals surface area contributed by atoms with Gasteiger partial charge in [-0.2, -0.15) is 0 Å². The summed E-state index contributed by atoms with van der Waals surface area (Å²) in [6.07, 6.45) is 0.539. The van der Waals surface area contributed by atoms with E-state index in [1.54, 1.807) is 24.3 Å². The maximum absolute atomic E-state index is 12.1. The van der Waals surface area contributed by atoms with Crippen molar-refractivity contribution in [2.45, 2.75) is 6.42 Å². The van der Waals surface area contributed by atoms with Gasteiger partial charge in [0.1, 0.15) is 5.75 Å². The van der Waals surface area contributed by atoms with Crippen LogP contribution in [-0.4, -0.2) is 29.8 Å². The van der Waals surface area contributed by atoms with Gasteiger partial charge in [0.25, 0.3) is 5.69 Å². The predicted molar refractivity (Wildman–Crippen MR) is 89.5 cm³/mol. The largest absolute Gasteiger partial charge is 0.495 e. The van der Waals surface area contributed by atoms with Crippen LogP contribution in [0.2, 0.25) is 0 Å². The number of carbonyl (C=O) groups excluding carboxylic acids is 1. The molecule has 2 rings (SSSR count). The molecule has 0 saturated heterocycles. The molecular formula is C16H17N3O5. The predicted octanol–water partition coefficient (Wildman–Crippen LogP) is 2.78. The maximum atomic E-state index is 12.1. The second-order valence-corrected chi connectivity index (χ2v) is 4.89. The number of hydrogen-bond donors (Lipinski definition) is 3. The number of rotatable bonds is 6. The molecule has 0 atom stereocenters. The SMILES string of the molecule is COc1ccc([N+](=O)[O-])cc1NC(=O)Nc1ccc(CCO)cc1. The number of ether oxygens (including phenoxy) is 1. The van der Waals surface area contributed by atoms with Crippen LogP contribution < -0.4 is 15.4 Å². The molecule has 0 aromatic heterocycles. The third-order valence-electron chi connectivity index (χ3n) is 3.25. The topological polar surface area (TPSA) is 114 Å². The van der Waals surface area contributed by atoms with E-state index in [-0.39, 0.29) is 18.0 Å². The second-order valence-electron chi connectivity index (χ2n) is 4.89. The Labute approximate surface area is 138 Å². The molecule has 0 radical (unpaired) electrons. The Hall–Kier alpha value is -3.13. The molecule has 0 aliphatic carbocycles. The zero-order valence-corrected chi connectivity index (χ0v) is 13.0. The van der Waals surface area contributed by atoms with E-state index in [0.717, 1.165) is 5.56 Å². The van der Waals surface area contributed by atoms with Crippen LogP contribution in [0.5, 0.6) is 5.75 Å². The van der Waals surface area contributed by atoms with Gasteiger partial charge in [0.15, 0.2) is 0 Å². The van der Waals surface area contributed by atoms with Gasteiger partial charge in [-0.15, -0.1) is 0 Å². The van der Waals surface area contributed by atoms with E-state index < -0.39 is 11.0 Å². The standard InChI is InChI=1S/C16H17N3O5/c1-24-15-7-6-13(19(22)23)10-14(15)18-16(21)17-12-4-2-11(3-5-12)8-9-20/h2-7,10,20H,8-9H2,1H3,(H2,17,18,21). The van der Waals surface area contributed by atoms with Crippen molar-refractivity contribution in [1.82, 2.24) is 0 Å². The van der Waals surface area contributed by atoms with Crippen molar-refractivity contribution in [3.8, 4) is 5.75 Å². The van der Waals surface area contributed by atoms with E-state index in [9.17, 15) is 14.9 Å². The molecule has 0 aliphatic heterocycles. The van der Waals surface area contributed by atoms with E-state index in [2.05, 4.69) is 10.6 Å². The number of amides is 2. The molecule has 0 saturated carbocycles. The highest BCUT2D eigenvalue weighted by molar-refractivity contribution is 6.00. The lowest BCUT2D eigenvalue weighted by atomic mass is 10.1. The number of carbonyl (C=O) groups is 1. The van der Waals surface area contributed by atoms with Crippen LogP contribution in [0.25, 0.3) is 0 Å². The van der Waals surface area contributed by atoms with Crippen LogP contribution in [-0.2, 0) is 6.42 Å². The number of urea groups is 1. The molecule has 0 heterocycles. The molecule has 24 heavy (non-hydrogen) atoms. The smallest absolute Gasteiger partial charge is 0.323 e. The zero-order chi connectivity index (χ0) is 17.5. The number of benzene rings is 2. The van der Waals surface area contributed by atoms with Crippen molar-refractivity contribution in [3.05, 3.63) is 58.1 Å². The summed E-state index contributed by atoms with van der Waals surface area (Å²) in [4.78, 5) is 22.3. The third kappa shape index (κ3) is 4.43. The number of nitro groups is 1. The highest BCUT2D eigenvalue weighted by Crippen LogP contribution is 2.29. The summed E-state index contributed by atoms with van der Waals surface area (Å²) in [6.45, 7) is 0.0554. The van der Waals surface area contributed by atoms with Gasteiger partial charge in [-0.3, -0.25) is 10.1 Å². The highest BCUT2D eigenvalue weighted by Gasteiger charge is 2.13. The Kier molecular flexibility index (Phi) is 5.69. The summed E-state index contributed by atoms with van der Waals surface area (Å²) >= 11 is 0. The molecule has 126 valence electrons. The first-order valence-electron chi connectivity index (χ1n) is 7.13. The Morgan fingerprint density at radius 2 is 1.92 bits per heavy atom. The monoisotopic (exact) mass is 331 g/mol. The first kappa shape index (κ1) is 17.2. The number of hydrogen-bond acceptors (Lipinski definition) is 5. The molecule has 0 spiro atoms. The van der Waals surface area contributed by atoms with E-state index >= 15 is 0 Å². The Bertz CT molecular complexity index is 731. The van der Waals surface area contributed by atoms with Crippen LogP contribution in [0.15, 0.2) is 42.5 Å². The van der Waals surface area contributed by atoms with Crippen molar-refractivity contribution in [2.24, 2.45) is 0 Å². The number of methoxy groups -OCH3 is 1. The van der Waals surface area contributed by atoms with Crippen molar-refractivity contribution >= 4 is 23.1 Å². The minimum absolute atomic E-state index is 0.0554. The molecular weight excluding hydrogens is 314 g/mol. The first-order valence-corrected chi connectivity index (χ1v) is 7.13. The average Bonchev–Trinajstić information content (AvgIpc) is 2.56. The van der Waals surface area contributed by atoms with Crippen LogP contribution in [0, 0.1) is 10.1 Å². The number of aliphatic hydroxyl groups is 1. The zero-order valence-electron chi connectivity index (χ0n) is 13.0. The molecule has 8 heteroatoms. The fourth-order valence-electron chi connectivity index (χ4n) is 2.08. The minimum atomic E-state index is -0.553. The molecule has 0 fully saturated rings.